The Bertz CT molecular complexity index is 487. The maximum Gasteiger partial charge on any atom is 0.303 e. The second kappa shape index (κ2) is 10.2. The lowest BCUT2D eigenvalue weighted by molar-refractivity contribution is -0.148. The summed E-state index contributed by atoms with van der Waals surface area (Å²) in [6.45, 7) is 10.5. The van der Waals surface area contributed by atoms with Gasteiger partial charge in [-0.1, -0.05) is 42.8 Å². The molecule has 0 amide bonds. The molecule has 2 atom stereocenters. The minimum Gasteiger partial charge on any atom is -0.457 e. The Morgan fingerprint density at radius 2 is 1.65 bits per heavy atom. The van der Waals surface area contributed by atoms with Gasteiger partial charge in [0.25, 0.3) is 0 Å². The topological polar surface area (TPSA) is 44.8 Å². The number of rotatable bonds is 9. The smallest absolute Gasteiger partial charge is 0.303 e. The van der Waals surface area contributed by atoms with Crippen molar-refractivity contribution < 1.29 is 19.0 Å². The lowest BCUT2D eigenvalue weighted by atomic mass is 9.96. The first-order valence-corrected chi connectivity index (χ1v) is 8.13. The molecular weight excluding hydrogens is 292 g/mol. The van der Waals surface area contributed by atoms with Gasteiger partial charge in [-0.15, -0.1) is 0 Å². The number of hydrogen-bond donors (Lipinski definition) is 0. The lowest BCUT2D eigenvalue weighted by Crippen LogP contribution is -2.17. The second-order valence-electron chi connectivity index (χ2n) is 5.46. The van der Waals surface area contributed by atoms with E-state index in [9.17, 15) is 4.79 Å². The van der Waals surface area contributed by atoms with Crippen LogP contribution in [0.4, 0.5) is 0 Å². The summed E-state index contributed by atoms with van der Waals surface area (Å²) in [5, 5.41) is 0. The summed E-state index contributed by atoms with van der Waals surface area (Å²) in [6.07, 6.45) is 3.16. The molecule has 4 heteroatoms. The molecule has 0 saturated heterocycles. The Hall–Kier alpha value is -1.65. The molecule has 0 bridgehead atoms. The van der Waals surface area contributed by atoms with E-state index in [1.807, 2.05) is 64.1 Å². The molecule has 0 aliphatic heterocycles. The van der Waals surface area contributed by atoms with Gasteiger partial charge < -0.3 is 14.2 Å². The molecule has 1 rings (SSSR count). The number of hydrogen-bond acceptors (Lipinski definition) is 4. The standard InChI is InChI=1S/C19H28O4/c1-6-21-18(22-7-2)13-10-15(4)19(23-16(5)20)17-11-8-14(3)9-12-17/h8-13,15,18-19H,6-7H2,1-5H3/b13-10+. The van der Waals surface area contributed by atoms with Crippen molar-refractivity contribution in [3.63, 3.8) is 0 Å². The van der Waals surface area contributed by atoms with Crippen LogP contribution in [-0.4, -0.2) is 25.5 Å². The summed E-state index contributed by atoms with van der Waals surface area (Å²) in [5.41, 5.74) is 2.15. The van der Waals surface area contributed by atoms with E-state index in [1.165, 1.54) is 12.5 Å². The third-order valence-corrected chi connectivity index (χ3v) is 3.41. The molecular formula is C19H28O4. The Labute approximate surface area is 139 Å². The molecule has 1 aromatic rings. The van der Waals surface area contributed by atoms with E-state index in [0.29, 0.717) is 13.2 Å². The highest BCUT2D eigenvalue weighted by Crippen LogP contribution is 2.28. The van der Waals surface area contributed by atoms with Crippen LogP contribution in [0.5, 0.6) is 0 Å². The molecule has 1 aromatic carbocycles. The fourth-order valence-corrected chi connectivity index (χ4v) is 2.27. The Morgan fingerprint density at radius 3 is 2.13 bits per heavy atom. The minimum atomic E-state index is -0.372. The summed E-state index contributed by atoms with van der Waals surface area (Å²) in [4.78, 5) is 11.4. The molecule has 0 aliphatic carbocycles. The quantitative estimate of drug-likeness (QED) is 0.389. The number of aryl methyl sites for hydroxylation is 1. The zero-order valence-corrected chi connectivity index (χ0v) is 14.7. The van der Waals surface area contributed by atoms with Gasteiger partial charge in [-0.3, -0.25) is 4.79 Å². The Morgan fingerprint density at radius 1 is 1.09 bits per heavy atom. The van der Waals surface area contributed by atoms with Crippen LogP contribution in [0.1, 0.15) is 44.9 Å². The Balaban J connectivity index is 2.88. The van der Waals surface area contributed by atoms with Gasteiger partial charge >= 0.3 is 5.97 Å². The van der Waals surface area contributed by atoms with Crippen molar-refractivity contribution >= 4 is 5.97 Å². The van der Waals surface area contributed by atoms with E-state index in [-0.39, 0.29) is 24.3 Å². The third kappa shape index (κ3) is 6.97. The first kappa shape index (κ1) is 19.4. The predicted octanol–water partition coefficient (Wildman–Crippen LogP) is 4.19. The molecule has 128 valence electrons. The molecule has 23 heavy (non-hydrogen) atoms. The fraction of sp³-hybridized carbons (Fsp3) is 0.526. The van der Waals surface area contributed by atoms with Crippen LogP contribution in [0.3, 0.4) is 0 Å². The zero-order valence-electron chi connectivity index (χ0n) is 14.7. The highest BCUT2D eigenvalue weighted by Gasteiger charge is 2.21. The SMILES string of the molecule is CCOC(/C=C/C(C)C(OC(C)=O)c1ccc(C)cc1)OCC. The highest BCUT2D eigenvalue weighted by atomic mass is 16.7. The second-order valence-corrected chi connectivity index (χ2v) is 5.46. The van der Waals surface area contributed by atoms with Crippen LogP contribution in [0.25, 0.3) is 0 Å². The van der Waals surface area contributed by atoms with Crippen LogP contribution in [-0.2, 0) is 19.0 Å². The highest BCUT2D eigenvalue weighted by molar-refractivity contribution is 5.66. The van der Waals surface area contributed by atoms with Crippen molar-refractivity contribution in [1.29, 1.82) is 0 Å². The molecule has 0 fully saturated rings. The van der Waals surface area contributed by atoms with Crippen LogP contribution < -0.4 is 0 Å². The predicted molar refractivity (Wildman–Crippen MR) is 91.0 cm³/mol. The minimum absolute atomic E-state index is 0.00465. The van der Waals surface area contributed by atoms with Crippen LogP contribution in [0.15, 0.2) is 36.4 Å². The van der Waals surface area contributed by atoms with Crippen molar-refractivity contribution in [2.75, 3.05) is 13.2 Å². The summed E-state index contributed by atoms with van der Waals surface area (Å²) in [7, 11) is 0. The average Bonchev–Trinajstić information content (AvgIpc) is 2.51. The van der Waals surface area contributed by atoms with Gasteiger partial charge in [0.1, 0.15) is 6.10 Å². The molecule has 0 heterocycles. The lowest BCUT2D eigenvalue weighted by Gasteiger charge is -2.22. The number of esters is 1. The van der Waals surface area contributed by atoms with E-state index in [4.69, 9.17) is 14.2 Å². The van der Waals surface area contributed by atoms with Gasteiger partial charge in [0, 0.05) is 26.1 Å². The number of carbonyl (C=O) groups excluding carboxylic acids is 1. The fourth-order valence-electron chi connectivity index (χ4n) is 2.27. The molecule has 0 N–H and O–H groups in total. The molecule has 0 aliphatic rings. The van der Waals surface area contributed by atoms with E-state index < -0.39 is 0 Å². The average molecular weight is 320 g/mol. The van der Waals surface area contributed by atoms with Crippen LogP contribution >= 0.6 is 0 Å². The van der Waals surface area contributed by atoms with Gasteiger partial charge in [-0.05, 0) is 32.4 Å². The summed E-state index contributed by atoms with van der Waals surface area (Å²) in [5.74, 6) is -0.285. The normalized spacial score (nSPS) is 14.2. The molecule has 4 nitrogen and oxygen atoms in total. The monoisotopic (exact) mass is 320 g/mol. The number of ether oxygens (including phenoxy) is 3. The van der Waals surface area contributed by atoms with E-state index in [2.05, 4.69) is 0 Å². The summed E-state index contributed by atoms with van der Waals surface area (Å²) < 4.78 is 16.5. The molecule has 0 saturated carbocycles. The van der Waals surface area contributed by atoms with Gasteiger partial charge in [0.05, 0.1) is 0 Å². The van der Waals surface area contributed by atoms with Crippen LogP contribution in [0.2, 0.25) is 0 Å². The van der Waals surface area contributed by atoms with Crippen LogP contribution in [0, 0.1) is 12.8 Å². The largest absolute Gasteiger partial charge is 0.457 e. The molecule has 2 unspecified atom stereocenters. The maximum atomic E-state index is 11.4. The van der Waals surface area contributed by atoms with Crippen molar-refractivity contribution in [3.05, 3.63) is 47.5 Å². The van der Waals surface area contributed by atoms with Crippen molar-refractivity contribution in [3.8, 4) is 0 Å². The molecule has 0 radical (unpaired) electrons. The van der Waals surface area contributed by atoms with Crippen molar-refractivity contribution in [2.45, 2.75) is 47.0 Å². The number of carbonyl (C=O) groups is 1. The maximum absolute atomic E-state index is 11.4. The number of benzene rings is 1. The van der Waals surface area contributed by atoms with E-state index >= 15 is 0 Å². The van der Waals surface area contributed by atoms with Gasteiger partial charge in [-0.2, -0.15) is 0 Å². The first-order chi connectivity index (χ1) is 11.0. The van der Waals surface area contributed by atoms with E-state index in [1.54, 1.807) is 0 Å². The van der Waals surface area contributed by atoms with Crippen molar-refractivity contribution in [1.82, 2.24) is 0 Å². The summed E-state index contributed by atoms with van der Waals surface area (Å²) >= 11 is 0. The van der Waals surface area contributed by atoms with Gasteiger partial charge in [-0.25, -0.2) is 0 Å². The Kier molecular flexibility index (Phi) is 8.59. The molecule has 0 spiro atoms. The summed E-state index contributed by atoms with van der Waals surface area (Å²) in [6, 6.07) is 8.03. The van der Waals surface area contributed by atoms with Gasteiger partial charge in [0.2, 0.25) is 0 Å². The van der Waals surface area contributed by atoms with E-state index in [0.717, 1.165) is 5.56 Å². The van der Waals surface area contributed by atoms with Gasteiger partial charge in [0.15, 0.2) is 6.29 Å². The van der Waals surface area contributed by atoms with Crippen molar-refractivity contribution in [2.24, 2.45) is 5.92 Å². The zero-order chi connectivity index (χ0) is 17.2. The molecule has 0 aromatic heterocycles. The third-order valence-electron chi connectivity index (χ3n) is 3.41. The first-order valence-electron chi connectivity index (χ1n) is 8.13.